The first kappa shape index (κ1) is 13.7. The van der Waals surface area contributed by atoms with Gasteiger partial charge in [0.2, 0.25) is 0 Å². The summed E-state index contributed by atoms with van der Waals surface area (Å²) >= 11 is 1.80. The molecule has 0 radical (unpaired) electrons. The van der Waals surface area contributed by atoms with Crippen molar-refractivity contribution in [2.45, 2.75) is 52.5 Å². The largest absolute Gasteiger partial charge is 0.312 e. The molecule has 0 aliphatic carbocycles. The van der Waals surface area contributed by atoms with Crippen molar-refractivity contribution in [3.63, 3.8) is 0 Å². The van der Waals surface area contributed by atoms with Gasteiger partial charge in [0, 0.05) is 5.54 Å². The van der Waals surface area contributed by atoms with Crippen LogP contribution in [0.25, 0.3) is 0 Å². The molecule has 92 valence electrons. The van der Waals surface area contributed by atoms with Crippen LogP contribution in [0.3, 0.4) is 0 Å². The van der Waals surface area contributed by atoms with Crippen LogP contribution in [-0.2, 0) is 6.42 Å². The Labute approximate surface area is 104 Å². The molecule has 1 nitrogen and oxygen atoms in total. The van der Waals surface area contributed by atoms with Gasteiger partial charge in [0.15, 0.2) is 0 Å². The van der Waals surface area contributed by atoms with Crippen molar-refractivity contribution >= 4 is 11.3 Å². The molecule has 16 heavy (non-hydrogen) atoms. The van der Waals surface area contributed by atoms with Crippen molar-refractivity contribution < 1.29 is 0 Å². The third kappa shape index (κ3) is 6.29. The second-order valence-electron chi connectivity index (χ2n) is 5.76. The molecule has 0 aliphatic heterocycles. The summed E-state index contributed by atoms with van der Waals surface area (Å²) in [6.07, 6.45) is 3.87. The number of hydrogen-bond acceptors (Lipinski definition) is 2. The fourth-order valence-corrected chi connectivity index (χ4v) is 2.38. The predicted octanol–water partition coefficient (Wildman–Crippen LogP) is 4.10. The topological polar surface area (TPSA) is 12.0 Å². The van der Waals surface area contributed by atoms with E-state index in [-0.39, 0.29) is 5.54 Å². The minimum Gasteiger partial charge on any atom is -0.312 e. The number of rotatable bonds is 6. The van der Waals surface area contributed by atoms with Gasteiger partial charge in [-0.25, -0.2) is 0 Å². The molecule has 1 atom stereocenters. The van der Waals surface area contributed by atoms with Gasteiger partial charge in [0.25, 0.3) is 0 Å². The second-order valence-corrected chi connectivity index (χ2v) is 6.54. The lowest BCUT2D eigenvalue weighted by Gasteiger charge is -2.23. The van der Waals surface area contributed by atoms with Gasteiger partial charge in [0.05, 0.1) is 0 Å². The minimum absolute atomic E-state index is 0.252. The molecule has 0 amide bonds. The standard InChI is InChI=1S/C14H25NS/c1-12(10-15-14(2,3)4)6-5-7-13-8-9-16-11-13/h8-9,11-12,15H,5-7,10H2,1-4H3. The Bertz CT molecular complexity index is 271. The summed E-state index contributed by atoms with van der Waals surface area (Å²) in [5.74, 6) is 0.776. The molecule has 1 unspecified atom stereocenters. The SMILES string of the molecule is CC(CCCc1ccsc1)CNC(C)(C)C. The molecule has 1 heterocycles. The van der Waals surface area contributed by atoms with E-state index in [9.17, 15) is 0 Å². The van der Waals surface area contributed by atoms with Crippen LogP contribution in [0.2, 0.25) is 0 Å². The van der Waals surface area contributed by atoms with Crippen molar-refractivity contribution in [1.82, 2.24) is 5.32 Å². The summed E-state index contributed by atoms with van der Waals surface area (Å²) in [6.45, 7) is 10.2. The van der Waals surface area contributed by atoms with Crippen LogP contribution < -0.4 is 5.32 Å². The van der Waals surface area contributed by atoms with E-state index >= 15 is 0 Å². The van der Waals surface area contributed by atoms with Gasteiger partial charge in [-0.05, 0) is 74.9 Å². The Balaban J connectivity index is 2.09. The summed E-state index contributed by atoms with van der Waals surface area (Å²) < 4.78 is 0. The summed E-state index contributed by atoms with van der Waals surface area (Å²) in [7, 11) is 0. The van der Waals surface area contributed by atoms with Gasteiger partial charge in [-0.3, -0.25) is 0 Å². The van der Waals surface area contributed by atoms with Crippen LogP contribution in [0.15, 0.2) is 16.8 Å². The fourth-order valence-electron chi connectivity index (χ4n) is 1.67. The van der Waals surface area contributed by atoms with Gasteiger partial charge >= 0.3 is 0 Å². The van der Waals surface area contributed by atoms with Gasteiger partial charge in [-0.2, -0.15) is 11.3 Å². The van der Waals surface area contributed by atoms with Gasteiger partial charge < -0.3 is 5.32 Å². The van der Waals surface area contributed by atoms with Crippen molar-refractivity contribution in [2.24, 2.45) is 5.92 Å². The highest BCUT2D eigenvalue weighted by atomic mass is 32.1. The molecule has 0 aromatic carbocycles. The average Bonchev–Trinajstić information content (AvgIpc) is 2.66. The first-order valence-corrected chi connectivity index (χ1v) is 7.18. The monoisotopic (exact) mass is 239 g/mol. The molecule has 0 saturated carbocycles. The molecule has 0 aliphatic rings. The zero-order valence-electron chi connectivity index (χ0n) is 11.0. The maximum atomic E-state index is 3.57. The fraction of sp³-hybridized carbons (Fsp3) is 0.714. The zero-order chi connectivity index (χ0) is 12.0. The molecule has 2 heteroatoms. The van der Waals surface area contributed by atoms with Crippen LogP contribution in [0.1, 0.15) is 46.1 Å². The van der Waals surface area contributed by atoms with Gasteiger partial charge in [-0.1, -0.05) is 6.92 Å². The smallest absolute Gasteiger partial charge is 0.00966 e. The summed E-state index contributed by atoms with van der Waals surface area (Å²) in [4.78, 5) is 0. The summed E-state index contributed by atoms with van der Waals surface area (Å²) in [6, 6.07) is 2.24. The molecule has 1 aromatic rings. The van der Waals surface area contributed by atoms with Crippen molar-refractivity contribution in [1.29, 1.82) is 0 Å². The molecule has 1 aromatic heterocycles. The molecule has 0 bridgehead atoms. The normalized spacial score (nSPS) is 14.0. The zero-order valence-corrected chi connectivity index (χ0v) is 11.9. The Morgan fingerprint density at radius 2 is 2.12 bits per heavy atom. The van der Waals surface area contributed by atoms with Gasteiger partial charge in [-0.15, -0.1) is 0 Å². The third-order valence-electron chi connectivity index (χ3n) is 2.72. The molecular weight excluding hydrogens is 214 g/mol. The highest BCUT2D eigenvalue weighted by molar-refractivity contribution is 7.07. The molecule has 1 rings (SSSR count). The molecule has 0 fully saturated rings. The Hall–Kier alpha value is -0.340. The van der Waals surface area contributed by atoms with Crippen LogP contribution in [-0.4, -0.2) is 12.1 Å². The quantitative estimate of drug-likeness (QED) is 0.788. The predicted molar refractivity (Wildman–Crippen MR) is 74.2 cm³/mol. The van der Waals surface area contributed by atoms with E-state index in [1.54, 1.807) is 11.3 Å². The Morgan fingerprint density at radius 3 is 2.69 bits per heavy atom. The molecule has 0 spiro atoms. The third-order valence-corrected chi connectivity index (χ3v) is 3.46. The summed E-state index contributed by atoms with van der Waals surface area (Å²) in [5, 5.41) is 8.00. The first-order valence-electron chi connectivity index (χ1n) is 6.23. The Morgan fingerprint density at radius 1 is 1.38 bits per heavy atom. The van der Waals surface area contributed by atoms with Crippen molar-refractivity contribution in [3.8, 4) is 0 Å². The molecule has 0 saturated heterocycles. The van der Waals surface area contributed by atoms with Crippen molar-refractivity contribution in [2.75, 3.05) is 6.54 Å². The molecular formula is C14H25NS. The number of nitrogens with one attached hydrogen (secondary N) is 1. The van der Waals surface area contributed by atoms with Crippen LogP contribution in [0.4, 0.5) is 0 Å². The van der Waals surface area contributed by atoms with Crippen LogP contribution >= 0.6 is 11.3 Å². The maximum absolute atomic E-state index is 3.57. The van der Waals surface area contributed by atoms with Crippen LogP contribution in [0.5, 0.6) is 0 Å². The van der Waals surface area contributed by atoms with E-state index in [0.717, 1.165) is 12.5 Å². The van der Waals surface area contributed by atoms with E-state index in [0.29, 0.717) is 0 Å². The minimum atomic E-state index is 0.252. The van der Waals surface area contributed by atoms with E-state index < -0.39 is 0 Å². The van der Waals surface area contributed by atoms with Crippen molar-refractivity contribution in [3.05, 3.63) is 22.4 Å². The lowest BCUT2D eigenvalue weighted by molar-refractivity contribution is 0.368. The van der Waals surface area contributed by atoms with Gasteiger partial charge in [0.1, 0.15) is 0 Å². The first-order chi connectivity index (χ1) is 7.47. The highest BCUT2D eigenvalue weighted by Gasteiger charge is 2.10. The number of thiophene rings is 1. The second kappa shape index (κ2) is 6.41. The highest BCUT2D eigenvalue weighted by Crippen LogP contribution is 2.13. The average molecular weight is 239 g/mol. The number of hydrogen-bond donors (Lipinski definition) is 1. The van der Waals surface area contributed by atoms with E-state index in [1.165, 1.54) is 24.8 Å². The lowest BCUT2D eigenvalue weighted by atomic mass is 10.0. The lowest BCUT2D eigenvalue weighted by Crippen LogP contribution is -2.38. The van der Waals surface area contributed by atoms with E-state index in [2.05, 4.69) is 49.8 Å². The number of aryl methyl sites for hydroxylation is 1. The molecule has 1 N–H and O–H groups in total. The maximum Gasteiger partial charge on any atom is 0.00966 e. The summed E-state index contributed by atoms with van der Waals surface area (Å²) in [5.41, 5.74) is 1.75. The Kier molecular flexibility index (Phi) is 5.50. The van der Waals surface area contributed by atoms with E-state index in [4.69, 9.17) is 0 Å². The van der Waals surface area contributed by atoms with E-state index in [1.807, 2.05) is 0 Å². The van der Waals surface area contributed by atoms with Crippen LogP contribution in [0, 0.1) is 5.92 Å².